The number of hydrogen-bond donors (Lipinski definition) is 1. The van der Waals surface area contributed by atoms with Gasteiger partial charge in [-0.05, 0) is 12.8 Å². The standard InChI is InChI=1S/C11H18N2O2S/c1-4-6-8(5-2)12-11-13-9(7-16-11)10(14)15-3/h7-8H,4-6H2,1-3H3,(H,12,13). The van der Waals surface area contributed by atoms with Crippen LogP contribution in [0, 0.1) is 0 Å². The van der Waals surface area contributed by atoms with Crippen molar-refractivity contribution in [3.8, 4) is 0 Å². The molecule has 5 heteroatoms. The van der Waals surface area contributed by atoms with E-state index in [1.807, 2.05) is 0 Å². The third-order valence-corrected chi connectivity index (χ3v) is 3.13. The lowest BCUT2D eigenvalue weighted by molar-refractivity contribution is 0.0595. The van der Waals surface area contributed by atoms with E-state index in [2.05, 4.69) is 28.9 Å². The van der Waals surface area contributed by atoms with Crippen LogP contribution < -0.4 is 5.32 Å². The molecule has 0 amide bonds. The van der Waals surface area contributed by atoms with Gasteiger partial charge in [0.1, 0.15) is 0 Å². The number of aromatic nitrogens is 1. The Balaban J connectivity index is 2.60. The van der Waals surface area contributed by atoms with E-state index in [4.69, 9.17) is 0 Å². The first kappa shape index (κ1) is 13.0. The van der Waals surface area contributed by atoms with E-state index in [-0.39, 0.29) is 5.97 Å². The molecular formula is C11H18N2O2S. The van der Waals surface area contributed by atoms with Gasteiger partial charge in [0.2, 0.25) is 0 Å². The fourth-order valence-electron chi connectivity index (χ4n) is 1.44. The summed E-state index contributed by atoms with van der Waals surface area (Å²) in [5.41, 5.74) is 0.376. The van der Waals surface area contributed by atoms with Gasteiger partial charge in [0.25, 0.3) is 0 Å². The molecule has 0 aromatic carbocycles. The highest BCUT2D eigenvalue weighted by Crippen LogP contribution is 2.18. The highest BCUT2D eigenvalue weighted by Gasteiger charge is 2.12. The molecule has 4 nitrogen and oxygen atoms in total. The second-order valence-corrected chi connectivity index (χ2v) is 4.43. The molecule has 0 bridgehead atoms. The highest BCUT2D eigenvalue weighted by atomic mass is 32.1. The molecule has 0 aliphatic rings. The Labute approximate surface area is 100 Å². The minimum absolute atomic E-state index is 0.376. The number of methoxy groups -OCH3 is 1. The molecule has 0 saturated heterocycles. The molecule has 0 aliphatic carbocycles. The number of esters is 1. The quantitative estimate of drug-likeness (QED) is 0.779. The fourth-order valence-corrected chi connectivity index (χ4v) is 2.20. The molecule has 0 saturated carbocycles. The molecule has 0 fully saturated rings. The van der Waals surface area contributed by atoms with Crippen molar-refractivity contribution < 1.29 is 9.53 Å². The molecule has 1 heterocycles. The van der Waals surface area contributed by atoms with Crippen LogP contribution >= 0.6 is 11.3 Å². The summed E-state index contributed by atoms with van der Waals surface area (Å²) >= 11 is 1.44. The third kappa shape index (κ3) is 3.48. The van der Waals surface area contributed by atoms with Gasteiger partial charge in [0.05, 0.1) is 7.11 Å². The predicted molar refractivity (Wildman–Crippen MR) is 66.1 cm³/mol. The smallest absolute Gasteiger partial charge is 0.357 e. The van der Waals surface area contributed by atoms with Crippen molar-refractivity contribution in [2.45, 2.75) is 39.2 Å². The molecule has 1 atom stereocenters. The first-order valence-electron chi connectivity index (χ1n) is 5.51. The maximum Gasteiger partial charge on any atom is 0.357 e. The van der Waals surface area contributed by atoms with E-state index < -0.39 is 0 Å². The van der Waals surface area contributed by atoms with Crippen molar-refractivity contribution in [3.63, 3.8) is 0 Å². The van der Waals surface area contributed by atoms with Gasteiger partial charge in [-0.3, -0.25) is 0 Å². The molecule has 0 aliphatic heterocycles. The van der Waals surface area contributed by atoms with Crippen LogP contribution in [0.1, 0.15) is 43.6 Å². The molecular weight excluding hydrogens is 224 g/mol. The van der Waals surface area contributed by atoms with Crippen LogP contribution in [0.3, 0.4) is 0 Å². The van der Waals surface area contributed by atoms with Gasteiger partial charge in [0.15, 0.2) is 10.8 Å². The first-order valence-corrected chi connectivity index (χ1v) is 6.39. The number of hydrogen-bond acceptors (Lipinski definition) is 5. The molecule has 1 unspecified atom stereocenters. The lowest BCUT2D eigenvalue weighted by Gasteiger charge is -2.14. The lowest BCUT2D eigenvalue weighted by Crippen LogP contribution is -2.17. The summed E-state index contributed by atoms with van der Waals surface area (Å²) in [7, 11) is 1.36. The number of carbonyl (C=O) groups excluding carboxylic acids is 1. The number of nitrogens with one attached hydrogen (secondary N) is 1. The Kier molecular flexibility index (Phi) is 5.25. The van der Waals surface area contributed by atoms with E-state index in [1.54, 1.807) is 5.38 Å². The van der Waals surface area contributed by atoms with E-state index in [0.717, 1.165) is 24.4 Å². The molecule has 1 aromatic rings. The number of rotatable bonds is 6. The van der Waals surface area contributed by atoms with Gasteiger partial charge < -0.3 is 10.1 Å². The average Bonchev–Trinajstić information content (AvgIpc) is 2.76. The second-order valence-electron chi connectivity index (χ2n) is 3.57. The summed E-state index contributed by atoms with van der Waals surface area (Å²) in [6, 6.07) is 0.432. The number of ether oxygens (including phenoxy) is 1. The van der Waals surface area contributed by atoms with E-state index in [0.29, 0.717) is 11.7 Å². The molecule has 1 N–H and O–H groups in total. The van der Waals surface area contributed by atoms with Crippen molar-refractivity contribution in [1.29, 1.82) is 0 Å². The first-order chi connectivity index (χ1) is 7.71. The maximum atomic E-state index is 11.2. The van der Waals surface area contributed by atoms with Crippen LogP contribution in [-0.4, -0.2) is 24.1 Å². The van der Waals surface area contributed by atoms with Gasteiger partial charge in [-0.2, -0.15) is 0 Å². The molecule has 0 radical (unpaired) electrons. The summed E-state index contributed by atoms with van der Waals surface area (Å²) < 4.78 is 4.61. The van der Waals surface area contributed by atoms with Crippen molar-refractivity contribution in [1.82, 2.24) is 4.98 Å². The fraction of sp³-hybridized carbons (Fsp3) is 0.636. The minimum atomic E-state index is -0.382. The van der Waals surface area contributed by atoms with Crippen molar-refractivity contribution >= 4 is 22.4 Å². The second kappa shape index (κ2) is 6.48. The van der Waals surface area contributed by atoms with Gasteiger partial charge >= 0.3 is 5.97 Å². The average molecular weight is 242 g/mol. The molecule has 1 aromatic heterocycles. The zero-order chi connectivity index (χ0) is 12.0. The summed E-state index contributed by atoms with van der Waals surface area (Å²) in [6.07, 6.45) is 3.31. The normalized spacial score (nSPS) is 12.2. The Bertz CT molecular complexity index is 338. The molecule has 90 valence electrons. The molecule has 1 rings (SSSR count). The number of nitrogens with zero attached hydrogens (tertiary/aromatic N) is 1. The van der Waals surface area contributed by atoms with Gasteiger partial charge in [-0.25, -0.2) is 9.78 Å². The van der Waals surface area contributed by atoms with Crippen molar-refractivity contribution in [3.05, 3.63) is 11.1 Å². The van der Waals surface area contributed by atoms with E-state index in [1.165, 1.54) is 18.4 Å². The van der Waals surface area contributed by atoms with E-state index >= 15 is 0 Å². The largest absolute Gasteiger partial charge is 0.464 e. The SMILES string of the molecule is CCCC(CC)Nc1nc(C(=O)OC)cs1. The Morgan fingerprint density at radius 1 is 1.62 bits per heavy atom. The Morgan fingerprint density at radius 2 is 2.38 bits per heavy atom. The zero-order valence-corrected chi connectivity index (χ0v) is 10.8. The minimum Gasteiger partial charge on any atom is -0.464 e. The van der Waals surface area contributed by atoms with Crippen molar-refractivity contribution in [2.75, 3.05) is 12.4 Å². The van der Waals surface area contributed by atoms with Crippen LogP contribution in [0.25, 0.3) is 0 Å². The predicted octanol–water partition coefficient (Wildman–Crippen LogP) is 2.92. The summed E-state index contributed by atoms with van der Waals surface area (Å²) in [6.45, 7) is 4.30. The van der Waals surface area contributed by atoms with Gasteiger partial charge in [-0.15, -0.1) is 11.3 Å². The highest BCUT2D eigenvalue weighted by molar-refractivity contribution is 7.13. The van der Waals surface area contributed by atoms with Crippen LogP contribution in [0.2, 0.25) is 0 Å². The van der Waals surface area contributed by atoms with Gasteiger partial charge in [0, 0.05) is 11.4 Å². The lowest BCUT2D eigenvalue weighted by atomic mass is 10.1. The Morgan fingerprint density at radius 3 is 2.94 bits per heavy atom. The van der Waals surface area contributed by atoms with Crippen LogP contribution in [0.5, 0.6) is 0 Å². The number of carbonyl (C=O) groups is 1. The Hall–Kier alpha value is -1.10. The molecule has 0 spiro atoms. The zero-order valence-electron chi connectivity index (χ0n) is 9.95. The summed E-state index contributed by atoms with van der Waals surface area (Å²) in [5, 5.41) is 5.84. The summed E-state index contributed by atoms with van der Waals surface area (Å²) in [4.78, 5) is 15.4. The van der Waals surface area contributed by atoms with E-state index in [9.17, 15) is 4.79 Å². The molecule has 16 heavy (non-hydrogen) atoms. The van der Waals surface area contributed by atoms with Crippen LogP contribution in [0.4, 0.5) is 5.13 Å². The maximum absolute atomic E-state index is 11.2. The monoisotopic (exact) mass is 242 g/mol. The van der Waals surface area contributed by atoms with Crippen LogP contribution in [0.15, 0.2) is 5.38 Å². The van der Waals surface area contributed by atoms with Crippen molar-refractivity contribution in [2.24, 2.45) is 0 Å². The third-order valence-electron chi connectivity index (χ3n) is 2.36. The topological polar surface area (TPSA) is 51.2 Å². The summed E-state index contributed by atoms with van der Waals surface area (Å²) in [5.74, 6) is -0.382. The van der Waals surface area contributed by atoms with Crippen LogP contribution in [-0.2, 0) is 4.74 Å². The number of anilines is 1. The van der Waals surface area contributed by atoms with Gasteiger partial charge in [-0.1, -0.05) is 20.3 Å². The number of thiazole rings is 1.